The summed E-state index contributed by atoms with van der Waals surface area (Å²) in [6.45, 7) is 2.45. The van der Waals surface area contributed by atoms with Crippen LogP contribution in [0.3, 0.4) is 0 Å². The summed E-state index contributed by atoms with van der Waals surface area (Å²) in [5, 5.41) is 10.5. The van der Waals surface area contributed by atoms with Crippen LogP contribution in [0.2, 0.25) is 0 Å². The lowest BCUT2D eigenvalue weighted by atomic mass is 9.99. The molecule has 7 nitrogen and oxygen atoms in total. The van der Waals surface area contributed by atoms with Gasteiger partial charge in [-0.05, 0) is 36.8 Å². The Morgan fingerprint density at radius 1 is 1.24 bits per heavy atom. The number of nitrogens with two attached hydrogens (primary N) is 1. The number of aliphatic hydroxyl groups is 1. The Morgan fingerprint density at radius 3 is 2.76 bits per heavy atom. The maximum atomic E-state index is 12.1. The van der Waals surface area contributed by atoms with Crippen LogP contribution in [0.15, 0.2) is 30.3 Å². The highest BCUT2D eigenvalue weighted by atomic mass is 16.3. The van der Waals surface area contributed by atoms with Gasteiger partial charge in [0.15, 0.2) is 13.7 Å². The van der Waals surface area contributed by atoms with Crippen LogP contribution in [0.5, 0.6) is 0 Å². The van der Waals surface area contributed by atoms with E-state index in [-0.39, 0.29) is 17.4 Å². The fraction of sp³-hybridized carbons (Fsp3) is 0.238. The predicted octanol–water partition coefficient (Wildman–Crippen LogP) is 0.321. The molecule has 2 aromatic heterocycles. The van der Waals surface area contributed by atoms with E-state index in [1.54, 1.807) is 13.1 Å². The van der Waals surface area contributed by atoms with Gasteiger partial charge in [-0.3, -0.25) is 4.79 Å². The van der Waals surface area contributed by atoms with Gasteiger partial charge in [0, 0.05) is 31.1 Å². The molecule has 3 N–H and O–H groups in total. The van der Waals surface area contributed by atoms with Crippen LogP contribution in [0, 0.1) is 18.8 Å². The molecule has 2 radical (unpaired) electrons. The first-order valence-electron chi connectivity index (χ1n) is 9.09. The topological polar surface area (TPSA) is 105 Å². The van der Waals surface area contributed by atoms with Gasteiger partial charge in [0.05, 0.1) is 16.9 Å². The van der Waals surface area contributed by atoms with Crippen LogP contribution in [0.25, 0.3) is 22.3 Å². The first kappa shape index (κ1) is 18.9. The minimum atomic E-state index is -1.63. The van der Waals surface area contributed by atoms with E-state index in [0.29, 0.717) is 35.3 Å². The number of amides is 1. The number of pyridine rings is 1. The number of hydrogen-bond donors (Lipinski definition) is 2. The zero-order valence-corrected chi connectivity index (χ0v) is 16.1. The van der Waals surface area contributed by atoms with Gasteiger partial charge in [0.25, 0.3) is 5.91 Å². The lowest BCUT2D eigenvalue weighted by molar-refractivity contribution is -0.137. The molecule has 1 saturated heterocycles. The number of nitrogens with zero attached hydrogens (tertiary/aromatic N) is 4. The van der Waals surface area contributed by atoms with E-state index in [0.717, 1.165) is 11.1 Å². The number of likely N-dealkylation sites (tertiary alicyclic amines) is 1. The van der Waals surface area contributed by atoms with Crippen molar-refractivity contribution in [1.29, 1.82) is 0 Å². The number of aromatic nitrogens is 3. The van der Waals surface area contributed by atoms with Gasteiger partial charge in [-0.1, -0.05) is 17.9 Å². The van der Waals surface area contributed by atoms with E-state index in [4.69, 9.17) is 13.6 Å². The van der Waals surface area contributed by atoms with E-state index >= 15 is 0 Å². The van der Waals surface area contributed by atoms with Gasteiger partial charge in [0.1, 0.15) is 5.52 Å². The van der Waals surface area contributed by atoms with Crippen LogP contribution < -0.4 is 11.5 Å². The smallest absolute Gasteiger partial charge is 0.267 e. The van der Waals surface area contributed by atoms with Gasteiger partial charge < -0.3 is 15.7 Å². The zero-order chi connectivity index (χ0) is 20.8. The van der Waals surface area contributed by atoms with Gasteiger partial charge >= 0.3 is 0 Å². The summed E-state index contributed by atoms with van der Waals surface area (Å²) >= 11 is 0. The SMILES string of the molecule is [B]c1nc(N)c2nc(-c3cc(C#C[C@]4(O)CCN(C)C4=O)ccc3C)ccc2n1. The van der Waals surface area contributed by atoms with Crippen LogP contribution in [0.4, 0.5) is 5.82 Å². The number of aryl methyl sites for hydroxylation is 1. The van der Waals surface area contributed by atoms with Gasteiger partial charge in [0.2, 0.25) is 5.60 Å². The molecule has 1 amide bonds. The Hall–Kier alpha value is -3.44. The van der Waals surface area contributed by atoms with E-state index in [9.17, 15) is 9.90 Å². The maximum Gasteiger partial charge on any atom is 0.267 e. The molecule has 0 bridgehead atoms. The van der Waals surface area contributed by atoms with Crippen molar-refractivity contribution in [3.8, 4) is 23.1 Å². The average Bonchev–Trinajstić information content (AvgIpc) is 2.95. The lowest BCUT2D eigenvalue weighted by Gasteiger charge is -2.13. The third kappa shape index (κ3) is 3.41. The van der Waals surface area contributed by atoms with E-state index in [1.807, 2.05) is 31.2 Å². The van der Waals surface area contributed by atoms with E-state index in [1.165, 1.54) is 4.90 Å². The number of anilines is 1. The van der Waals surface area contributed by atoms with Crippen LogP contribution in [-0.2, 0) is 4.79 Å². The van der Waals surface area contributed by atoms with E-state index in [2.05, 4.69) is 26.8 Å². The third-order valence-electron chi connectivity index (χ3n) is 5.02. The fourth-order valence-corrected chi connectivity index (χ4v) is 3.33. The molecule has 0 spiro atoms. The van der Waals surface area contributed by atoms with E-state index < -0.39 is 5.60 Å². The number of nitrogen functional groups attached to an aromatic ring is 1. The Labute approximate surface area is 169 Å². The Morgan fingerprint density at radius 2 is 2.03 bits per heavy atom. The molecule has 1 atom stereocenters. The number of likely N-dealkylation sites (N-methyl/N-ethyl adjacent to an activating group) is 1. The normalized spacial score (nSPS) is 18.7. The van der Waals surface area contributed by atoms with Gasteiger partial charge in [-0.15, -0.1) is 0 Å². The molecule has 29 heavy (non-hydrogen) atoms. The molecule has 0 unspecified atom stereocenters. The molecule has 3 aromatic rings. The highest BCUT2D eigenvalue weighted by Gasteiger charge is 2.42. The molecule has 3 heterocycles. The number of rotatable bonds is 1. The fourth-order valence-electron chi connectivity index (χ4n) is 3.33. The molecule has 1 aliphatic heterocycles. The van der Waals surface area contributed by atoms with Crippen molar-refractivity contribution >= 4 is 36.3 Å². The largest absolute Gasteiger partial charge is 0.382 e. The number of benzene rings is 1. The van der Waals surface area contributed by atoms with Gasteiger partial charge in [-0.25, -0.2) is 15.0 Å². The average molecular weight is 383 g/mol. The standard InChI is InChI=1S/C21H18BN5O2/c1-12-3-4-13(7-8-21(29)9-10-27(2)19(21)28)11-14(12)15-5-6-16-17(24-15)18(23)26-20(22)25-16/h3-6,11,29H,9-10H2,1-2H3,(H2,23,25,26)/t21-/m0/s1. The Balaban J connectivity index is 1.74. The molecule has 142 valence electrons. The maximum absolute atomic E-state index is 12.1. The second-order valence-electron chi connectivity index (χ2n) is 7.15. The zero-order valence-electron chi connectivity index (χ0n) is 16.1. The minimum Gasteiger partial charge on any atom is -0.382 e. The lowest BCUT2D eigenvalue weighted by Crippen LogP contribution is -2.37. The number of carbonyl (C=O) groups is 1. The highest BCUT2D eigenvalue weighted by Crippen LogP contribution is 2.26. The summed E-state index contributed by atoms with van der Waals surface area (Å²) in [5.74, 6) is 5.51. The van der Waals surface area contributed by atoms with Crippen molar-refractivity contribution in [2.45, 2.75) is 18.9 Å². The summed E-state index contributed by atoms with van der Waals surface area (Å²) in [7, 11) is 7.29. The van der Waals surface area contributed by atoms with Crippen molar-refractivity contribution in [3.05, 3.63) is 41.5 Å². The first-order chi connectivity index (χ1) is 13.8. The number of carbonyl (C=O) groups excluding carboxylic acids is 1. The number of hydrogen-bond acceptors (Lipinski definition) is 6. The number of fused-ring (bicyclic) bond motifs is 1. The molecular formula is C21H18BN5O2. The minimum absolute atomic E-state index is 0.100. The highest BCUT2D eigenvalue weighted by molar-refractivity contribution is 6.29. The Kier molecular flexibility index (Phi) is 4.48. The van der Waals surface area contributed by atoms with Crippen molar-refractivity contribution in [2.75, 3.05) is 19.3 Å². The molecule has 8 heteroatoms. The van der Waals surface area contributed by atoms with Crippen LogP contribution in [0.1, 0.15) is 17.5 Å². The molecule has 0 aliphatic carbocycles. The first-order valence-corrected chi connectivity index (χ1v) is 9.09. The van der Waals surface area contributed by atoms with Crippen LogP contribution >= 0.6 is 0 Å². The molecule has 1 aromatic carbocycles. The second kappa shape index (κ2) is 6.87. The monoisotopic (exact) mass is 383 g/mol. The summed E-state index contributed by atoms with van der Waals surface area (Å²) in [6.07, 6.45) is 0.294. The molecule has 1 aliphatic rings. The van der Waals surface area contributed by atoms with Crippen molar-refractivity contribution in [1.82, 2.24) is 19.9 Å². The molecule has 4 rings (SSSR count). The quantitative estimate of drug-likeness (QED) is 0.463. The molecule has 0 saturated carbocycles. The summed E-state index contributed by atoms with van der Waals surface area (Å²) < 4.78 is 0. The van der Waals surface area contributed by atoms with Crippen LogP contribution in [-0.4, -0.2) is 57.9 Å². The second-order valence-corrected chi connectivity index (χ2v) is 7.15. The molecular weight excluding hydrogens is 365 g/mol. The predicted molar refractivity (Wildman–Crippen MR) is 111 cm³/mol. The summed E-state index contributed by atoms with van der Waals surface area (Å²) in [4.78, 5) is 26.3. The third-order valence-corrected chi connectivity index (χ3v) is 5.02. The van der Waals surface area contributed by atoms with Crippen molar-refractivity contribution in [3.63, 3.8) is 0 Å². The van der Waals surface area contributed by atoms with Gasteiger partial charge in [-0.2, -0.15) is 0 Å². The molecule has 1 fully saturated rings. The van der Waals surface area contributed by atoms with Crippen molar-refractivity contribution in [2.24, 2.45) is 0 Å². The summed E-state index contributed by atoms with van der Waals surface area (Å²) in [6, 6.07) is 9.26. The van der Waals surface area contributed by atoms with Crippen molar-refractivity contribution < 1.29 is 9.90 Å². The summed E-state index contributed by atoms with van der Waals surface area (Å²) in [5.41, 5.74) is 8.67. The Bertz CT molecular complexity index is 1220.